The zero-order valence-corrected chi connectivity index (χ0v) is 20.7. The maximum atomic E-state index is 6.00. The molecule has 2 unspecified atom stereocenters. The van der Waals surface area contributed by atoms with Gasteiger partial charge in [-0.2, -0.15) is 0 Å². The highest BCUT2D eigenvalue weighted by molar-refractivity contribution is 5.64. The number of hydrogen-bond donors (Lipinski definition) is 0. The van der Waals surface area contributed by atoms with Gasteiger partial charge < -0.3 is 14.5 Å². The summed E-state index contributed by atoms with van der Waals surface area (Å²) in [5.74, 6) is 0.701. The van der Waals surface area contributed by atoms with Crippen LogP contribution in [0.3, 0.4) is 0 Å². The van der Waals surface area contributed by atoms with Gasteiger partial charge in [-0.05, 0) is 87.6 Å². The number of anilines is 2. The first-order valence-corrected chi connectivity index (χ1v) is 12.9. The van der Waals surface area contributed by atoms with Crippen LogP contribution in [-0.4, -0.2) is 62.9 Å². The van der Waals surface area contributed by atoms with E-state index in [-0.39, 0.29) is 0 Å². The van der Waals surface area contributed by atoms with E-state index in [1.165, 1.54) is 63.1 Å². The van der Waals surface area contributed by atoms with E-state index in [1.807, 2.05) is 0 Å². The molecule has 2 heterocycles. The fourth-order valence-corrected chi connectivity index (χ4v) is 5.98. The molecule has 0 bridgehead atoms. The molecule has 0 aromatic heterocycles. The molecule has 2 atom stereocenters. The quantitative estimate of drug-likeness (QED) is 0.616. The van der Waals surface area contributed by atoms with E-state index in [9.17, 15) is 0 Å². The van der Waals surface area contributed by atoms with E-state index in [2.05, 4.69) is 67.5 Å². The molecule has 0 spiro atoms. The predicted molar refractivity (Wildman–Crippen MR) is 133 cm³/mol. The summed E-state index contributed by atoms with van der Waals surface area (Å²) in [4.78, 5) is 7.86. The maximum absolute atomic E-state index is 6.00. The van der Waals surface area contributed by atoms with Crippen molar-refractivity contribution in [1.82, 2.24) is 4.90 Å². The lowest BCUT2D eigenvalue weighted by Crippen LogP contribution is -2.47. The van der Waals surface area contributed by atoms with Crippen molar-refractivity contribution in [3.05, 3.63) is 23.8 Å². The summed E-state index contributed by atoms with van der Waals surface area (Å²) in [6, 6.07) is 7.39. The molecule has 3 fully saturated rings. The van der Waals surface area contributed by atoms with Crippen molar-refractivity contribution in [2.24, 2.45) is 5.41 Å². The number of benzene rings is 1. The smallest absolute Gasteiger partial charge is 0.0726 e. The first-order valence-electron chi connectivity index (χ1n) is 12.9. The van der Waals surface area contributed by atoms with E-state index in [1.54, 1.807) is 5.56 Å². The molecule has 174 valence electrons. The maximum Gasteiger partial charge on any atom is 0.0726 e. The van der Waals surface area contributed by atoms with Crippen LogP contribution in [0.15, 0.2) is 18.2 Å². The van der Waals surface area contributed by atoms with Crippen LogP contribution in [0.4, 0.5) is 11.4 Å². The fourth-order valence-electron chi connectivity index (χ4n) is 5.98. The van der Waals surface area contributed by atoms with Crippen LogP contribution in [0.5, 0.6) is 0 Å². The molecular weight excluding hydrogens is 382 g/mol. The van der Waals surface area contributed by atoms with Gasteiger partial charge in [-0.15, -0.1) is 0 Å². The molecule has 2 saturated heterocycles. The average Bonchev–Trinajstić information content (AvgIpc) is 2.74. The van der Waals surface area contributed by atoms with E-state index >= 15 is 0 Å². The predicted octanol–water partition coefficient (Wildman–Crippen LogP) is 5.52. The first kappa shape index (κ1) is 22.9. The second kappa shape index (κ2) is 9.70. The SMILES string of the molecule is CCCN1CCN(c2ccc(N3CC(C)OC(C)C3)cc2C2CCC(C)(C)CC2)CC1. The minimum absolute atomic E-state index is 0.300. The molecule has 1 aromatic carbocycles. The Morgan fingerprint density at radius 2 is 1.58 bits per heavy atom. The van der Waals surface area contributed by atoms with Crippen LogP contribution in [0.2, 0.25) is 0 Å². The third-order valence-corrected chi connectivity index (χ3v) is 7.83. The van der Waals surface area contributed by atoms with Crippen molar-refractivity contribution in [1.29, 1.82) is 0 Å². The van der Waals surface area contributed by atoms with Crippen LogP contribution in [0.25, 0.3) is 0 Å². The van der Waals surface area contributed by atoms with E-state index in [4.69, 9.17) is 4.74 Å². The largest absolute Gasteiger partial charge is 0.372 e. The molecule has 1 saturated carbocycles. The number of nitrogens with zero attached hydrogens (tertiary/aromatic N) is 3. The molecule has 1 aromatic rings. The van der Waals surface area contributed by atoms with E-state index in [0.717, 1.165) is 26.2 Å². The standard InChI is InChI=1S/C27H45N3O/c1-6-13-28-14-16-29(17-15-28)26-8-7-24(30-19-21(2)31-22(3)20-30)18-25(26)23-9-11-27(4,5)12-10-23/h7-8,18,21-23H,6,9-17,19-20H2,1-5H3. The number of morpholine rings is 1. The van der Waals surface area contributed by atoms with Crippen molar-refractivity contribution in [3.8, 4) is 0 Å². The third kappa shape index (κ3) is 5.57. The van der Waals surface area contributed by atoms with Gasteiger partial charge in [0.15, 0.2) is 0 Å². The number of rotatable bonds is 5. The van der Waals surface area contributed by atoms with Crippen molar-refractivity contribution >= 4 is 11.4 Å². The monoisotopic (exact) mass is 427 g/mol. The zero-order chi connectivity index (χ0) is 22.0. The number of ether oxygens (including phenoxy) is 1. The Balaban J connectivity index is 1.58. The fraction of sp³-hybridized carbons (Fsp3) is 0.778. The molecule has 0 N–H and O–H groups in total. The average molecular weight is 428 g/mol. The molecule has 1 aliphatic carbocycles. The van der Waals surface area contributed by atoms with Crippen molar-refractivity contribution in [2.45, 2.75) is 84.8 Å². The molecule has 3 aliphatic rings. The highest BCUT2D eigenvalue weighted by atomic mass is 16.5. The molecule has 0 amide bonds. The van der Waals surface area contributed by atoms with Crippen molar-refractivity contribution in [3.63, 3.8) is 0 Å². The highest BCUT2D eigenvalue weighted by Gasteiger charge is 2.31. The Kier molecular flexibility index (Phi) is 7.17. The van der Waals surface area contributed by atoms with Gasteiger partial charge in [0.25, 0.3) is 0 Å². The summed E-state index contributed by atoms with van der Waals surface area (Å²) in [6.45, 7) is 19.6. The van der Waals surface area contributed by atoms with Gasteiger partial charge in [0.05, 0.1) is 12.2 Å². The van der Waals surface area contributed by atoms with Gasteiger partial charge in [0, 0.05) is 50.6 Å². The summed E-state index contributed by atoms with van der Waals surface area (Å²) in [6.07, 6.45) is 7.20. The Hall–Kier alpha value is -1.26. The zero-order valence-electron chi connectivity index (χ0n) is 20.7. The number of hydrogen-bond acceptors (Lipinski definition) is 4. The Morgan fingerprint density at radius 3 is 2.19 bits per heavy atom. The highest BCUT2D eigenvalue weighted by Crippen LogP contribution is 2.45. The summed E-state index contributed by atoms with van der Waals surface area (Å²) in [7, 11) is 0. The molecule has 0 radical (unpaired) electrons. The van der Waals surface area contributed by atoms with Crippen LogP contribution in [0, 0.1) is 5.41 Å². The van der Waals surface area contributed by atoms with Crippen molar-refractivity contribution < 1.29 is 4.74 Å². The minimum Gasteiger partial charge on any atom is -0.372 e. The van der Waals surface area contributed by atoms with E-state index < -0.39 is 0 Å². The lowest BCUT2D eigenvalue weighted by molar-refractivity contribution is -0.00522. The first-order chi connectivity index (χ1) is 14.8. The summed E-state index contributed by atoms with van der Waals surface area (Å²) < 4.78 is 6.00. The van der Waals surface area contributed by atoms with Crippen LogP contribution >= 0.6 is 0 Å². The molecule has 4 rings (SSSR count). The second-order valence-electron chi connectivity index (χ2n) is 11.2. The molecule has 2 aliphatic heterocycles. The molecule has 4 heteroatoms. The van der Waals surface area contributed by atoms with Gasteiger partial charge >= 0.3 is 0 Å². The topological polar surface area (TPSA) is 19.0 Å². The van der Waals surface area contributed by atoms with Gasteiger partial charge in [-0.1, -0.05) is 20.8 Å². The van der Waals surface area contributed by atoms with Crippen LogP contribution in [-0.2, 0) is 4.74 Å². The summed E-state index contributed by atoms with van der Waals surface area (Å²) in [5.41, 5.74) is 5.03. The van der Waals surface area contributed by atoms with Gasteiger partial charge in [-0.3, -0.25) is 4.90 Å². The lowest BCUT2D eigenvalue weighted by Gasteiger charge is -2.41. The Labute approximate surface area is 190 Å². The molecule has 31 heavy (non-hydrogen) atoms. The molecular formula is C27H45N3O. The van der Waals surface area contributed by atoms with E-state index in [0.29, 0.717) is 23.5 Å². The second-order valence-corrected chi connectivity index (χ2v) is 11.2. The Bertz CT molecular complexity index is 705. The molecule has 4 nitrogen and oxygen atoms in total. The van der Waals surface area contributed by atoms with Gasteiger partial charge in [0.2, 0.25) is 0 Å². The van der Waals surface area contributed by atoms with Gasteiger partial charge in [0.1, 0.15) is 0 Å². The van der Waals surface area contributed by atoms with Gasteiger partial charge in [-0.25, -0.2) is 0 Å². The normalized spacial score (nSPS) is 28.2. The van der Waals surface area contributed by atoms with Crippen LogP contribution in [0.1, 0.15) is 78.2 Å². The summed E-state index contributed by atoms with van der Waals surface area (Å²) in [5, 5.41) is 0. The summed E-state index contributed by atoms with van der Waals surface area (Å²) >= 11 is 0. The lowest BCUT2D eigenvalue weighted by atomic mass is 9.71. The van der Waals surface area contributed by atoms with Crippen LogP contribution < -0.4 is 9.80 Å². The van der Waals surface area contributed by atoms with Crippen molar-refractivity contribution in [2.75, 3.05) is 55.6 Å². The minimum atomic E-state index is 0.300. The third-order valence-electron chi connectivity index (χ3n) is 7.83. The Morgan fingerprint density at radius 1 is 0.935 bits per heavy atom. The number of piperazine rings is 1.